The van der Waals surface area contributed by atoms with E-state index in [4.69, 9.17) is 23.2 Å². The molecule has 3 aromatic rings. The summed E-state index contributed by atoms with van der Waals surface area (Å²) in [5.41, 5.74) is 0.999. The van der Waals surface area contributed by atoms with Crippen LogP contribution >= 0.6 is 23.2 Å². The van der Waals surface area contributed by atoms with Crippen LogP contribution in [-0.2, 0) is 0 Å². The first-order valence-electron chi connectivity index (χ1n) is 7.28. The van der Waals surface area contributed by atoms with Crippen molar-refractivity contribution in [2.75, 3.05) is 0 Å². The number of aryl methyl sites for hydroxylation is 1. The SMILES string of the molecule is Cc1nccc(C(C)C)c1-n1c(=O)[nH]c(=O)c2c(Cl)cc(Cl)nc21. The summed E-state index contributed by atoms with van der Waals surface area (Å²) in [6, 6.07) is 3.21. The van der Waals surface area contributed by atoms with Gasteiger partial charge in [-0.15, -0.1) is 0 Å². The maximum absolute atomic E-state index is 12.6. The summed E-state index contributed by atoms with van der Waals surface area (Å²) < 4.78 is 1.31. The third kappa shape index (κ3) is 2.61. The number of H-pyrrole nitrogens is 1. The Balaban J connectivity index is 2.59. The minimum atomic E-state index is -0.615. The van der Waals surface area contributed by atoms with Crippen molar-refractivity contribution in [3.8, 4) is 5.69 Å². The first kappa shape index (κ1) is 16.7. The molecule has 6 nitrogen and oxygen atoms in total. The number of nitrogens with zero attached hydrogens (tertiary/aromatic N) is 3. The van der Waals surface area contributed by atoms with Gasteiger partial charge in [0.05, 0.1) is 16.4 Å². The third-order valence-corrected chi connectivity index (χ3v) is 4.26. The molecule has 0 aliphatic carbocycles. The maximum atomic E-state index is 12.6. The number of rotatable bonds is 2. The molecule has 0 amide bonds. The quantitative estimate of drug-likeness (QED) is 0.707. The van der Waals surface area contributed by atoms with E-state index in [2.05, 4.69) is 15.0 Å². The zero-order valence-electron chi connectivity index (χ0n) is 13.2. The lowest BCUT2D eigenvalue weighted by molar-refractivity contribution is 0.818. The van der Waals surface area contributed by atoms with Crippen LogP contribution in [0.2, 0.25) is 10.2 Å². The minimum Gasteiger partial charge on any atom is -0.273 e. The summed E-state index contributed by atoms with van der Waals surface area (Å²) in [6.07, 6.45) is 1.68. The second kappa shape index (κ2) is 6.03. The van der Waals surface area contributed by atoms with Crippen LogP contribution in [0.25, 0.3) is 16.7 Å². The zero-order valence-corrected chi connectivity index (χ0v) is 14.7. The molecule has 3 heterocycles. The van der Waals surface area contributed by atoms with Crippen LogP contribution in [0.4, 0.5) is 0 Å². The summed E-state index contributed by atoms with van der Waals surface area (Å²) in [5.74, 6) is 0.130. The second-order valence-corrected chi connectivity index (χ2v) is 6.50. The van der Waals surface area contributed by atoms with E-state index in [-0.39, 0.29) is 27.1 Å². The Kier molecular flexibility index (Phi) is 4.19. The second-order valence-electron chi connectivity index (χ2n) is 5.71. The summed E-state index contributed by atoms with van der Waals surface area (Å²) >= 11 is 12.1. The molecule has 0 unspecified atom stereocenters. The van der Waals surface area contributed by atoms with E-state index in [0.717, 1.165) is 5.56 Å². The van der Waals surface area contributed by atoms with Crippen molar-refractivity contribution in [2.45, 2.75) is 26.7 Å². The summed E-state index contributed by atoms with van der Waals surface area (Å²) in [4.78, 5) is 35.5. The highest BCUT2D eigenvalue weighted by Crippen LogP contribution is 2.28. The summed E-state index contributed by atoms with van der Waals surface area (Å²) in [7, 11) is 0. The number of pyridine rings is 2. The number of hydrogen-bond donors (Lipinski definition) is 1. The van der Waals surface area contributed by atoms with E-state index >= 15 is 0 Å². The van der Waals surface area contributed by atoms with Crippen molar-refractivity contribution in [3.63, 3.8) is 0 Å². The number of halogens is 2. The monoisotopic (exact) mass is 364 g/mol. The molecule has 0 spiro atoms. The molecule has 1 N–H and O–H groups in total. The average molecular weight is 365 g/mol. The van der Waals surface area contributed by atoms with Crippen LogP contribution in [0.3, 0.4) is 0 Å². The Morgan fingerprint density at radius 3 is 2.62 bits per heavy atom. The van der Waals surface area contributed by atoms with Gasteiger partial charge in [-0.1, -0.05) is 37.0 Å². The topological polar surface area (TPSA) is 80.6 Å². The van der Waals surface area contributed by atoms with E-state index in [9.17, 15) is 9.59 Å². The predicted molar refractivity (Wildman–Crippen MR) is 94.6 cm³/mol. The van der Waals surface area contributed by atoms with E-state index in [1.165, 1.54) is 10.6 Å². The zero-order chi connectivity index (χ0) is 17.6. The van der Waals surface area contributed by atoms with Gasteiger partial charge in [0.25, 0.3) is 5.56 Å². The van der Waals surface area contributed by atoms with Crippen LogP contribution in [0.1, 0.15) is 31.0 Å². The summed E-state index contributed by atoms with van der Waals surface area (Å²) in [6.45, 7) is 5.80. The van der Waals surface area contributed by atoms with Gasteiger partial charge in [-0.05, 0) is 30.5 Å². The number of aromatic amines is 1. The Morgan fingerprint density at radius 2 is 1.96 bits per heavy atom. The number of aromatic nitrogens is 4. The molecule has 3 aromatic heterocycles. The van der Waals surface area contributed by atoms with Crippen molar-refractivity contribution in [1.29, 1.82) is 0 Å². The van der Waals surface area contributed by atoms with Crippen molar-refractivity contribution in [1.82, 2.24) is 19.5 Å². The Hall–Kier alpha value is -2.18. The molecule has 0 aliphatic rings. The molecule has 3 rings (SSSR count). The molecular weight excluding hydrogens is 351 g/mol. The van der Waals surface area contributed by atoms with Gasteiger partial charge in [0.15, 0.2) is 5.65 Å². The summed E-state index contributed by atoms with van der Waals surface area (Å²) in [5, 5.41) is 0.338. The van der Waals surface area contributed by atoms with Crippen molar-refractivity contribution in [3.05, 3.63) is 60.6 Å². The van der Waals surface area contributed by atoms with Crippen molar-refractivity contribution in [2.24, 2.45) is 0 Å². The molecule has 0 radical (unpaired) electrons. The van der Waals surface area contributed by atoms with Crippen LogP contribution in [0.5, 0.6) is 0 Å². The molecule has 0 aromatic carbocycles. The van der Waals surface area contributed by atoms with E-state index in [0.29, 0.717) is 11.4 Å². The van der Waals surface area contributed by atoms with Gasteiger partial charge < -0.3 is 0 Å². The normalized spacial score (nSPS) is 11.4. The van der Waals surface area contributed by atoms with Gasteiger partial charge in [-0.25, -0.2) is 14.3 Å². The number of fused-ring (bicyclic) bond motifs is 1. The lowest BCUT2D eigenvalue weighted by Crippen LogP contribution is -2.31. The van der Waals surface area contributed by atoms with Crippen LogP contribution in [0.15, 0.2) is 27.9 Å². The molecule has 124 valence electrons. The molecule has 0 atom stereocenters. The first-order chi connectivity index (χ1) is 11.3. The Bertz CT molecular complexity index is 1070. The van der Waals surface area contributed by atoms with Gasteiger partial charge in [-0.2, -0.15) is 0 Å². The minimum absolute atomic E-state index is 0.0962. The predicted octanol–water partition coefficient (Wildman–Crippen LogP) is 3.21. The molecule has 0 saturated heterocycles. The highest BCUT2D eigenvalue weighted by atomic mass is 35.5. The molecule has 0 saturated carbocycles. The average Bonchev–Trinajstić information content (AvgIpc) is 2.47. The lowest BCUT2D eigenvalue weighted by atomic mass is 10.0. The van der Waals surface area contributed by atoms with Gasteiger partial charge in [0.2, 0.25) is 0 Å². The molecule has 0 fully saturated rings. The van der Waals surface area contributed by atoms with E-state index in [1.807, 2.05) is 19.9 Å². The molecule has 8 heteroatoms. The number of nitrogens with one attached hydrogen (secondary N) is 1. The fraction of sp³-hybridized carbons (Fsp3) is 0.250. The van der Waals surface area contributed by atoms with Crippen LogP contribution < -0.4 is 11.2 Å². The van der Waals surface area contributed by atoms with Crippen LogP contribution in [0, 0.1) is 6.92 Å². The molecule has 24 heavy (non-hydrogen) atoms. The van der Waals surface area contributed by atoms with Gasteiger partial charge in [0, 0.05) is 6.20 Å². The van der Waals surface area contributed by atoms with Crippen molar-refractivity contribution < 1.29 is 0 Å². The smallest absolute Gasteiger partial charge is 0.273 e. The molecule has 0 bridgehead atoms. The van der Waals surface area contributed by atoms with Crippen molar-refractivity contribution >= 4 is 34.2 Å². The highest BCUT2D eigenvalue weighted by Gasteiger charge is 2.19. The van der Waals surface area contributed by atoms with E-state index < -0.39 is 11.2 Å². The fourth-order valence-electron chi connectivity index (χ4n) is 2.70. The largest absolute Gasteiger partial charge is 0.334 e. The Labute approximate surface area is 147 Å². The van der Waals surface area contributed by atoms with E-state index in [1.54, 1.807) is 13.1 Å². The standard InChI is InChI=1S/C16H14Cl2N4O2/c1-7(2)9-4-5-19-8(3)13(9)22-14-12(15(23)21-16(22)24)10(17)6-11(18)20-14/h4-7H,1-3H3,(H,21,23,24). The highest BCUT2D eigenvalue weighted by molar-refractivity contribution is 6.37. The lowest BCUT2D eigenvalue weighted by Gasteiger charge is -2.17. The van der Waals surface area contributed by atoms with Gasteiger partial charge in [0.1, 0.15) is 10.5 Å². The first-order valence-corrected chi connectivity index (χ1v) is 8.03. The third-order valence-electron chi connectivity index (χ3n) is 3.77. The Morgan fingerprint density at radius 1 is 1.25 bits per heavy atom. The van der Waals surface area contributed by atoms with Gasteiger partial charge >= 0.3 is 5.69 Å². The number of hydrogen-bond acceptors (Lipinski definition) is 4. The van der Waals surface area contributed by atoms with Crippen LogP contribution in [-0.4, -0.2) is 19.5 Å². The molecule has 0 aliphatic heterocycles. The molecular formula is C16H14Cl2N4O2. The fourth-order valence-corrected chi connectivity index (χ4v) is 3.22. The van der Waals surface area contributed by atoms with Gasteiger partial charge in [-0.3, -0.25) is 14.8 Å². The maximum Gasteiger partial charge on any atom is 0.334 e.